The summed E-state index contributed by atoms with van der Waals surface area (Å²) < 4.78 is 28.7. The highest BCUT2D eigenvalue weighted by Crippen LogP contribution is 2.30. The summed E-state index contributed by atoms with van der Waals surface area (Å²) >= 11 is 0. The molecule has 0 bridgehead atoms. The van der Waals surface area contributed by atoms with Crippen molar-refractivity contribution in [1.82, 2.24) is 19.4 Å². The minimum absolute atomic E-state index is 0.0972. The predicted molar refractivity (Wildman–Crippen MR) is 97.4 cm³/mol. The van der Waals surface area contributed by atoms with E-state index in [0.29, 0.717) is 13.1 Å². The molecule has 1 atom stereocenters. The van der Waals surface area contributed by atoms with Gasteiger partial charge in [-0.25, -0.2) is 18.7 Å². The fraction of sp³-hybridized carbons (Fsp3) is 0.350. The number of benzene rings is 1. The number of aryl methyl sites for hydroxylation is 1. The third kappa shape index (κ3) is 3.18. The summed E-state index contributed by atoms with van der Waals surface area (Å²) in [5.74, 6) is -1.21. The van der Waals surface area contributed by atoms with Crippen LogP contribution in [0.5, 0.6) is 0 Å². The number of carbonyl (C=O) groups excluding carboxylic acids is 1. The highest BCUT2D eigenvalue weighted by atomic mass is 19.2. The summed E-state index contributed by atoms with van der Waals surface area (Å²) in [6.07, 6.45) is 3.50. The molecule has 4 rings (SSSR count). The SMILES string of the molecule is CCCn1c(C2CCN(C(=O)c3ccc(F)c(F)c3)C2)nc2cccnc21. The lowest BCUT2D eigenvalue weighted by molar-refractivity contribution is 0.0790. The number of hydrogen-bond acceptors (Lipinski definition) is 3. The first kappa shape index (κ1) is 17.6. The molecule has 0 aliphatic carbocycles. The van der Waals surface area contributed by atoms with Gasteiger partial charge >= 0.3 is 0 Å². The van der Waals surface area contributed by atoms with Gasteiger partial charge in [0.15, 0.2) is 17.3 Å². The molecule has 27 heavy (non-hydrogen) atoms. The van der Waals surface area contributed by atoms with Crippen molar-refractivity contribution in [3.63, 3.8) is 0 Å². The van der Waals surface area contributed by atoms with E-state index in [1.54, 1.807) is 11.1 Å². The Hall–Kier alpha value is -2.83. The third-order valence-corrected chi connectivity index (χ3v) is 4.99. The lowest BCUT2D eigenvalue weighted by Gasteiger charge is -2.17. The van der Waals surface area contributed by atoms with Crippen molar-refractivity contribution < 1.29 is 13.6 Å². The maximum atomic E-state index is 13.5. The van der Waals surface area contributed by atoms with Crippen LogP contribution in [0.1, 0.15) is 41.9 Å². The quantitative estimate of drug-likeness (QED) is 0.703. The second kappa shape index (κ2) is 7.06. The number of pyridine rings is 1. The van der Waals surface area contributed by atoms with E-state index in [9.17, 15) is 13.6 Å². The molecule has 1 aliphatic heterocycles. The van der Waals surface area contributed by atoms with Crippen molar-refractivity contribution >= 4 is 17.1 Å². The van der Waals surface area contributed by atoms with Crippen molar-refractivity contribution in [2.45, 2.75) is 32.2 Å². The van der Waals surface area contributed by atoms with E-state index < -0.39 is 11.6 Å². The largest absolute Gasteiger partial charge is 0.338 e. The average molecular weight is 370 g/mol. The molecule has 0 spiro atoms. The van der Waals surface area contributed by atoms with Gasteiger partial charge in [-0.1, -0.05) is 6.92 Å². The van der Waals surface area contributed by atoms with Gasteiger partial charge in [-0.3, -0.25) is 4.79 Å². The third-order valence-electron chi connectivity index (χ3n) is 4.99. The molecule has 1 aliphatic rings. The maximum Gasteiger partial charge on any atom is 0.253 e. The number of aromatic nitrogens is 3. The van der Waals surface area contributed by atoms with Gasteiger partial charge in [-0.05, 0) is 43.2 Å². The zero-order chi connectivity index (χ0) is 19.0. The Morgan fingerprint density at radius 3 is 2.89 bits per heavy atom. The van der Waals surface area contributed by atoms with Gasteiger partial charge in [0.25, 0.3) is 5.91 Å². The van der Waals surface area contributed by atoms with E-state index in [0.717, 1.165) is 48.5 Å². The molecule has 0 radical (unpaired) electrons. The van der Waals surface area contributed by atoms with Crippen LogP contribution in [-0.4, -0.2) is 38.4 Å². The number of nitrogens with zero attached hydrogens (tertiary/aromatic N) is 4. The lowest BCUT2D eigenvalue weighted by atomic mass is 10.1. The molecule has 0 N–H and O–H groups in total. The van der Waals surface area contributed by atoms with Crippen LogP contribution in [0.15, 0.2) is 36.5 Å². The molecule has 2 aromatic heterocycles. The molecule has 1 unspecified atom stereocenters. The van der Waals surface area contributed by atoms with Crippen molar-refractivity contribution in [1.29, 1.82) is 0 Å². The van der Waals surface area contributed by atoms with Crippen molar-refractivity contribution in [2.75, 3.05) is 13.1 Å². The predicted octanol–water partition coefficient (Wildman–Crippen LogP) is 3.75. The maximum absolute atomic E-state index is 13.5. The number of hydrogen-bond donors (Lipinski definition) is 0. The first-order valence-electron chi connectivity index (χ1n) is 9.14. The smallest absolute Gasteiger partial charge is 0.253 e. The Morgan fingerprint density at radius 2 is 2.11 bits per heavy atom. The highest BCUT2D eigenvalue weighted by Gasteiger charge is 2.31. The molecule has 7 heteroatoms. The number of rotatable bonds is 4. The molecular formula is C20H20F2N4O. The Bertz CT molecular complexity index is 1000. The molecule has 3 aromatic rings. The van der Waals surface area contributed by atoms with Crippen molar-refractivity contribution in [3.05, 3.63) is 59.6 Å². The van der Waals surface area contributed by atoms with Gasteiger partial charge in [0, 0.05) is 37.3 Å². The summed E-state index contributed by atoms with van der Waals surface area (Å²) in [5, 5.41) is 0. The second-order valence-corrected chi connectivity index (χ2v) is 6.83. The summed E-state index contributed by atoms with van der Waals surface area (Å²) in [4.78, 5) is 23.6. The Labute approximate surface area is 155 Å². The van der Waals surface area contributed by atoms with Crippen molar-refractivity contribution in [2.24, 2.45) is 0 Å². The Morgan fingerprint density at radius 1 is 1.26 bits per heavy atom. The zero-order valence-corrected chi connectivity index (χ0v) is 15.0. The minimum Gasteiger partial charge on any atom is -0.338 e. The molecule has 1 aromatic carbocycles. The number of halogens is 2. The second-order valence-electron chi connectivity index (χ2n) is 6.83. The minimum atomic E-state index is -1.01. The zero-order valence-electron chi connectivity index (χ0n) is 15.0. The van der Waals surface area contributed by atoms with Gasteiger partial charge in [-0.2, -0.15) is 0 Å². The van der Waals surface area contributed by atoms with Crippen LogP contribution in [0.3, 0.4) is 0 Å². The summed E-state index contributed by atoms with van der Waals surface area (Å²) in [5.41, 5.74) is 1.88. The number of imidazole rings is 1. The van der Waals surface area contributed by atoms with Crippen molar-refractivity contribution in [3.8, 4) is 0 Å². The van der Waals surface area contributed by atoms with Crippen LogP contribution < -0.4 is 0 Å². The van der Waals surface area contributed by atoms with Gasteiger partial charge in [0.1, 0.15) is 11.3 Å². The van der Waals surface area contributed by atoms with Crippen LogP contribution >= 0.6 is 0 Å². The molecule has 0 saturated carbocycles. The van der Waals surface area contributed by atoms with Gasteiger partial charge in [0.05, 0.1) is 0 Å². The highest BCUT2D eigenvalue weighted by molar-refractivity contribution is 5.94. The summed E-state index contributed by atoms with van der Waals surface area (Å²) in [7, 11) is 0. The number of carbonyl (C=O) groups is 1. The molecule has 5 nitrogen and oxygen atoms in total. The summed E-state index contributed by atoms with van der Waals surface area (Å²) in [6, 6.07) is 7.08. The first-order valence-corrected chi connectivity index (χ1v) is 9.14. The first-order chi connectivity index (χ1) is 13.1. The normalized spacial score (nSPS) is 17.0. The molecule has 3 heterocycles. The fourth-order valence-electron chi connectivity index (χ4n) is 3.70. The van der Waals surface area contributed by atoms with Crippen LogP contribution in [0.4, 0.5) is 8.78 Å². The fourth-order valence-corrected chi connectivity index (χ4v) is 3.70. The van der Waals surface area contributed by atoms with E-state index in [-0.39, 0.29) is 17.4 Å². The lowest BCUT2D eigenvalue weighted by Crippen LogP contribution is -2.29. The molecule has 1 fully saturated rings. The standard InChI is InChI=1S/C20H20F2N4O/c1-2-9-26-18(24-17-4-3-8-23-19(17)26)14-7-10-25(12-14)20(27)13-5-6-15(21)16(22)11-13/h3-6,8,11,14H,2,7,9-10,12H2,1H3. The van der Waals surface area contributed by atoms with Gasteiger partial charge in [-0.15, -0.1) is 0 Å². The number of likely N-dealkylation sites (tertiary alicyclic amines) is 1. The summed E-state index contributed by atoms with van der Waals surface area (Å²) in [6.45, 7) is 3.98. The van der Waals surface area contributed by atoms with Gasteiger partial charge < -0.3 is 9.47 Å². The Balaban J connectivity index is 1.59. The van der Waals surface area contributed by atoms with Crippen LogP contribution in [-0.2, 0) is 6.54 Å². The molecular weight excluding hydrogens is 350 g/mol. The molecule has 1 saturated heterocycles. The van der Waals surface area contributed by atoms with E-state index in [4.69, 9.17) is 4.98 Å². The molecule has 1 amide bonds. The van der Waals surface area contributed by atoms with E-state index in [1.807, 2.05) is 12.1 Å². The average Bonchev–Trinajstić information content (AvgIpc) is 3.29. The van der Waals surface area contributed by atoms with Crippen LogP contribution in [0.25, 0.3) is 11.2 Å². The number of amides is 1. The Kier molecular flexibility index (Phi) is 4.59. The van der Waals surface area contributed by atoms with E-state index >= 15 is 0 Å². The van der Waals surface area contributed by atoms with E-state index in [1.165, 1.54) is 6.07 Å². The number of fused-ring (bicyclic) bond motifs is 1. The van der Waals surface area contributed by atoms with Crippen LogP contribution in [0, 0.1) is 11.6 Å². The van der Waals surface area contributed by atoms with Crippen LogP contribution in [0.2, 0.25) is 0 Å². The topological polar surface area (TPSA) is 51.0 Å². The van der Waals surface area contributed by atoms with Gasteiger partial charge in [0.2, 0.25) is 0 Å². The monoisotopic (exact) mass is 370 g/mol. The molecule has 140 valence electrons. The van der Waals surface area contributed by atoms with E-state index in [2.05, 4.69) is 16.5 Å².